The number of benzene rings is 1. The molecular formula is C15H21BrN2O2. The summed E-state index contributed by atoms with van der Waals surface area (Å²) in [4.78, 5) is 11.8. The van der Waals surface area contributed by atoms with Gasteiger partial charge in [-0.2, -0.15) is 0 Å². The number of aliphatic hydroxyl groups is 1. The Bertz CT molecular complexity index is 479. The van der Waals surface area contributed by atoms with Crippen molar-refractivity contribution in [2.45, 2.75) is 38.7 Å². The third kappa shape index (κ3) is 4.49. The molecule has 0 spiro atoms. The van der Waals surface area contributed by atoms with Crippen LogP contribution in [0.5, 0.6) is 0 Å². The van der Waals surface area contributed by atoms with Gasteiger partial charge < -0.3 is 15.7 Å². The summed E-state index contributed by atoms with van der Waals surface area (Å²) in [5.41, 5.74) is 1.90. The first-order valence-corrected chi connectivity index (χ1v) is 7.83. The minimum atomic E-state index is -0.202. The van der Waals surface area contributed by atoms with Gasteiger partial charge in [0.15, 0.2) is 0 Å². The fourth-order valence-corrected chi connectivity index (χ4v) is 2.91. The smallest absolute Gasteiger partial charge is 0.319 e. The van der Waals surface area contributed by atoms with Crippen molar-refractivity contribution in [2.24, 2.45) is 5.92 Å². The van der Waals surface area contributed by atoms with E-state index in [4.69, 9.17) is 0 Å². The summed E-state index contributed by atoms with van der Waals surface area (Å²) in [7, 11) is 0. The van der Waals surface area contributed by atoms with Gasteiger partial charge in [-0.15, -0.1) is 0 Å². The van der Waals surface area contributed by atoms with Gasteiger partial charge in [-0.3, -0.25) is 0 Å². The zero-order valence-corrected chi connectivity index (χ0v) is 13.2. The Morgan fingerprint density at radius 3 is 2.95 bits per heavy atom. The lowest BCUT2D eigenvalue weighted by Crippen LogP contribution is -2.35. The molecule has 0 saturated heterocycles. The van der Waals surface area contributed by atoms with Crippen molar-refractivity contribution in [1.82, 2.24) is 5.32 Å². The van der Waals surface area contributed by atoms with Crippen molar-refractivity contribution in [3.8, 4) is 0 Å². The van der Waals surface area contributed by atoms with Crippen LogP contribution in [0.25, 0.3) is 0 Å². The van der Waals surface area contributed by atoms with E-state index in [0.29, 0.717) is 12.5 Å². The topological polar surface area (TPSA) is 61.4 Å². The molecule has 1 aliphatic rings. The summed E-state index contributed by atoms with van der Waals surface area (Å²) < 4.78 is 0.978. The van der Waals surface area contributed by atoms with Crippen LogP contribution in [-0.4, -0.2) is 23.8 Å². The number of aliphatic hydroxyl groups excluding tert-OH is 1. The fraction of sp³-hybridized carbons (Fsp3) is 0.533. The van der Waals surface area contributed by atoms with Crippen LogP contribution in [0.3, 0.4) is 0 Å². The highest BCUT2D eigenvalue weighted by atomic mass is 79.9. The Balaban J connectivity index is 1.78. The van der Waals surface area contributed by atoms with E-state index in [-0.39, 0.29) is 12.1 Å². The third-order valence-electron chi connectivity index (χ3n) is 3.74. The van der Waals surface area contributed by atoms with Gasteiger partial charge in [0.2, 0.25) is 0 Å². The summed E-state index contributed by atoms with van der Waals surface area (Å²) in [6.45, 7) is 2.62. The van der Waals surface area contributed by atoms with E-state index in [1.54, 1.807) is 0 Å². The summed E-state index contributed by atoms with van der Waals surface area (Å²) in [6.07, 6.45) is 3.59. The summed E-state index contributed by atoms with van der Waals surface area (Å²) in [5, 5.41) is 15.3. The van der Waals surface area contributed by atoms with Gasteiger partial charge in [0.25, 0.3) is 0 Å². The summed E-state index contributed by atoms with van der Waals surface area (Å²) >= 11 is 3.44. The predicted molar refractivity (Wildman–Crippen MR) is 83.9 cm³/mol. The Morgan fingerprint density at radius 1 is 1.45 bits per heavy atom. The molecule has 110 valence electrons. The molecule has 2 rings (SSSR count). The van der Waals surface area contributed by atoms with Crippen molar-refractivity contribution in [3.05, 3.63) is 28.2 Å². The lowest BCUT2D eigenvalue weighted by Gasteiger charge is -2.25. The van der Waals surface area contributed by atoms with E-state index < -0.39 is 0 Å². The maximum Gasteiger partial charge on any atom is 0.319 e. The Hall–Kier alpha value is -1.07. The molecule has 2 unspecified atom stereocenters. The van der Waals surface area contributed by atoms with E-state index in [0.717, 1.165) is 41.4 Å². The first-order valence-electron chi connectivity index (χ1n) is 7.03. The Labute approximate surface area is 128 Å². The van der Waals surface area contributed by atoms with Gasteiger partial charge in [0.05, 0.1) is 6.10 Å². The van der Waals surface area contributed by atoms with Gasteiger partial charge in [-0.05, 0) is 49.8 Å². The van der Waals surface area contributed by atoms with Crippen LogP contribution >= 0.6 is 15.9 Å². The molecule has 3 N–H and O–H groups in total. The quantitative estimate of drug-likeness (QED) is 0.789. The van der Waals surface area contributed by atoms with Crippen LogP contribution in [0.1, 0.15) is 31.2 Å². The number of nitrogens with one attached hydrogen (secondary N) is 2. The van der Waals surface area contributed by atoms with Crippen LogP contribution in [0.15, 0.2) is 22.7 Å². The lowest BCUT2D eigenvalue weighted by molar-refractivity contribution is 0.101. The molecule has 1 fully saturated rings. The lowest BCUT2D eigenvalue weighted by atomic mass is 9.87. The minimum absolute atomic E-state index is 0.194. The molecule has 1 aliphatic carbocycles. The molecule has 2 atom stereocenters. The normalized spacial score (nSPS) is 22.4. The molecule has 0 aliphatic heterocycles. The highest BCUT2D eigenvalue weighted by Crippen LogP contribution is 2.23. The number of aryl methyl sites for hydroxylation is 1. The predicted octanol–water partition coefficient (Wildman–Crippen LogP) is 3.43. The maximum atomic E-state index is 11.8. The van der Waals surface area contributed by atoms with E-state index >= 15 is 0 Å². The third-order valence-corrected chi connectivity index (χ3v) is 4.59. The minimum Gasteiger partial charge on any atom is -0.393 e. The van der Waals surface area contributed by atoms with Crippen molar-refractivity contribution in [2.75, 3.05) is 11.9 Å². The highest BCUT2D eigenvalue weighted by Gasteiger charge is 2.20. The molecule has 20 heavy (non-hydrogen) atoms. The molecule has 2 amide bonds. The summed E-state index contributed by atoms with van der Waals surface area (Å²) in [5.74, 6) is 0.384. The van der Waals surface area contributed by atoms with Gasteiger partial charge in [-0.1, -0.05) is 28.4 Å². The molecule has 4 nitrogen and oxygen atoms in total. The first kappa shape index (κ1) is 15.3. The fourth-order valence-electron chi connectivity index (χ4n) is 2.53. The average Bonchev–Trinajstić information content (AvgIpc) is 2.41. The molecular weight excluding hydrogens is 320 g/mol. The number of urea groups is 1. The molecule has 0 bridgehead atoms. The molecule has 0 heterocycles. The van der Waals surface area contributed by atoms with Crippen LogP contribution in [-0.2, 0) is 0 Å². The second-order valence-electron chi connectivity index (χ2n) is 5.49. The van der Waals surface area contributed by atoms with Gasteiger partial charge in [0, 0.05) is 16.7 Å². The van der Waals surface area contributed by atoms with Gasteiger partial charge in [0.1, 0.15) is 0 Å². The van der Waals surface area contributed by atoms with Crippen LogP contribution in [0.4, 0.5) is 10.5 Å². The molecule has 1 aromatic rings. The number of hydrogen-bond donors (Lipinski definition) is 3. The number of amides is 2. The molecule has 1 saturated carbocycles. The maximum absolute atomic E-state index is 11.8. The van der Waals surface area contributed by atoms with Gasteiger partial charge in [-0.25, -0.2) is 4.79 Å². The Morgan fingerprint density at radius 2 is 2.25 bits per heavy atom. The van der Waals surface area contributed by atoms with E-state index in [2.05, 4.69) is 26.6 Å². The van der Waals surface area contributed by atoms with E-state index in [9.17, 15) is 9.90 Å². The van der Waals surface area contributed by atoms with Crippen LogP contribution in [0, 0.1) is 12.8 Å². The van der Waals surface area contributed by atoms with Crippen LogP contribution in [0.2, 0.25) is 0 Å². The first-order chi connectivity index (χ1) is 9.54. The zero-order valence-electron chi connectivity index (χ0n) is 11.7. The summed E-state index contributed by atoms with van der Waals surface area (Å²) in [6, 6.07) is 5.53. The van der Waals surface area contributed by atoms with Crippen molar-refractivity contribution < 1.29 is 9.90 Å². The second kappa shape index (κ2) is 7.09. The van der Waals surface area contributed by atoms with Crippen LogP contribution < -0.4 is 10.6 Å². The largest absolute Gasteiger partial charge is 0.393 e. The number of carbonyl (C=O) groups is 1. The zero-order chi connectivity index (χ0) is 14.5. The molecule has 0 aromatic heterocycles. The monoisotopic (exact) mass is 340 g/mol. The number of anilines is 1. The molecule has 0 radical (unpaired) electrons. The van der Waals surface area contributed by atoms with Gasteiger partial charge >= 0.3 is 6.03 Å². The highest BCUT2D eigenvalue weighted by molar-refractivity contribution is 9.10. The van der Waals surface area contributed by atoms with E-state index in [1.807, 2.05) is 25.1 Å². The SMILES string of the molecule is Cc1ccc(NC(=O)NCC2CCCC(O)C2)cc1Br. The number of carbonyl (C=O) groups excluding carboxylic acids is 1. The number of hydrogen-bond acceptors (Lipinski definition) is 2. The van der Waals surface area contributed by atoms with E-state index in [1.165, 1.54) is 0 Å². The van der Waals surface area contributed by atoms with Crippen molar-refractivity contribution >= 4 is 27.6 Å². The molecule has 1 aromatic carbocycles. The van der Waals surface area contributed by atoms with Crippen molar-refractivity contribution in [1.29, 1.82) is 0 Å². The second-order valence-corrected chi connectivity index (χ2v) is 6.34. The number of rotatable bonds is 3. The standard InChI is InChI=1S/C15H21BrN2O2/c1-10-5-6-12(8-14(10)16)18-15(20)17-9-11-3-2-4-13(19)7-11/h5-6,8,11,13,19H,2-4,7,9H2,1H3,(H2,17,18,20). The average molecular weight is 341 g/mol. The molecule has 5 heteroatoms. The van der Waals surface area contributed by atoms with Crippen molar-refractivity contribution in [3.63, 3.8) is 0 Å². The number of halogens is 1. The Kier molecular flexibility index (Phi) is 5.43.